The van der Waals surface area contributed by atoms with E-state index in [1.165, 1.54) is 12.1 Å². The normalized spacial score (nSPS) is 12.0. The summed E-state index contributed by atoms with van der Waals surface area (Å²) in [4.78, 5) is 12.2. The molecular formula is C18H19FO3. The summed E-state index contributed by atoms with van der Waals surface area (Å²) >= 11 is 0. The van der Waals surface area contributed by atoms with Gasteiger partial charge in [0.25, 0.3) is 0 Å². The van der Waals surface area contributed by atoms with Crippen LogP contribution in [0, 0.1) is 11.7 Å². The molecule has 0 saturated heterocycles. The first-order valence-electron chi connectivity index (χ1n) is 7.28. The Hall–Kier alpha value is -2.36. The number of hydrogen-bond donors (Lipinski definition) is 1. The Bertz CT molecular complexity index is 667. The van der Waals surface area contributed by atoms with Crippen LogP contribution in [0.2, 0.25) is 0 Å². The van der Waals surface area contributed by atoms with Crippen LogP contribution in [-0.2, 0) is 4.74 Å². The number of aromatic hydroxyl groups is 1. The Balaban J connectivity index is 2.30. The van der Waals surface area contributed by atoms with E-state index in [4.69, 9.17) is 4.74 Å². The van der Waals surface area contributed by atoms with Crippen LogP contribution in [-0.4, -0.2) is 17.7 Å². The molecule has 116 valence electrons. The third kappa shape index (κ3) is 3.64. The van der Waals surface area contributed by atoms with E-state index >= 15 is 0 Å². The molecule has 3 nitrogen and oxygen atoms in total. The molecule has 4 heteroatoms. The predicted octanol–water partition coefficient (Wildman–Crippen LogP) is 4.40. The highest BCUT2D eigenvalue weighted by Gasteiger charge is 2.15. The van der Waals surface area contributed by atoms with Gasteiger partial charge >= 0.3 is 5.97 Å². The SMILES string of the molecule is CCC(C)COC(=O)c1ccccc1-c1ccc(O)c(F)c1. The highest BCUT2D eigenvalue weighted by molar-refractivity contribution is 5.97. The van der Waals surface area contributed by atoms with Crippen LogP contribution in [0.3, 0.4) is 0 Å². The highest BCUT2D eigenvalue weighted by atomic mass is 19.1. The average Bonchev–Trinajstić information content (AvgIpc) is 2.54. The summed E-state index contributed by atoms with van der Waals surface area (Å²) in [5, 5.41) is 9.27. The molecule has 0 aromatic heterocycles. The number of ether oxygens (including phenoxy) is 1. The molecule has 2 rings (SSSR count). The van der Waals surface area contributed by atoms with Crippen molar-refractivity contribution in [1.82, 2.24) is 0 Å². The average molecular weight is 302 g/mol. The molecule has 0 fully saturated rings. The van der Waals surface area contributed by atoms with Gasteiger partial charge in [0.2, 0.25) is 0 Å². The zero-order valence-electron chi connectivity index (χ0n) is 12.7. The second-order valence-electron chi connectivity index (χ2n) is 5.32. The number of esters is 1. The van der Waals surface area contributed by atoms with Gasteiger partial charge in [-0.3, -0.25) is 0 Å². The standard InChI is InChI=1S/C18H19FO3/c1-3-12(2)11-22-18(21)15-7-5-4-6-14(15)13-8-9-17(20)16(19)10-13/h4-10,12,20H,3,11H2,1-2H3. The van der Waals surface area contributed by atoms with Crippen LogP contribution < -0.4 is 0 Å². The molecule has 0 aliphatic rings. The third-order valence-electron chi connectivity index (χ3n) is 3.60. The Kier molecular flexibility index (Phi) is 5.15. The van der Waals surface area contributed by atoms with Crippen molar-refractivity contribution in [2.45, 2.75) is 20.3 Å². The first-order valence-corrected chi connectivity index (χ1v) is 7.28. The molecule has 1 unspecified atom stereocenters. The fourth-order valence-corrected chi connectivity index (χ4v) is 2.00. The summed E-state index contributed by atoms with van der Waals surface area (Å²) in [6.07, 6.45) is 0.929. The van der Waals surface area contributed by atoms with Crippen molar-refractivity contribution in [2.75, 3.05) is 6.61 Å². The van der Waals surface area contributed by atoms with Gasteiger partial charge in [-0.05, 0) is 35.2 Å². The number of halogens is 1. The Morgan fingerprint density at radius 1 is 1.27 bits per heavy atom. The maximum Gasteiger partial charge on any atom is 0.338 e. The maximum absolute atomic E-state index is 13.5. The smallest absolute Gasteiger partial charge is 0.338 e. The van der Waals surface area contributed by atoms with Crippen LogP contribution in [0.15, 0.2) is 42.5 Å². The molecule has 1 N–H and O–H groups in total. The lowest BCUT2D eigenvalue weighted by Gasteiger charge is -2.12. The summed E-state index contributed by atoms with van der Waals surface area (Å²) in [5.41, 5.74) is 1.48. The summed E-state index contributed by atoms with van der Waals surface area (Å²) in [5.74, 6) is -1.27. The van der Waals surface area contributed by atoms with Crippen LogP contribution in [0.25, 0.3) is 11.1 Å². The minimum Gasteiger partial charge on any atom is -0.505 e. The lowest BCUT2D eigenvalue weighted by molar-refractivity contribution is 0.0448. The van der Waals surface area contributed by atoms with Gasteiger partial charge in [-0.1, -0.05) is 44.5 Å². The summed E-state index contributed by atoms with van der Waals surface area (Å²) in [6.45, 7) is 4.40. The number of carbonyl (C=O) groups is 1. The van der Waals surface area contributed by atoms with Gasteiger partial charge < -0.3 is 9.84 Å². The van der Waals surface area contributed by atoms with E-state index in [0.29, 0.717) is 29.2 Å². The van der Waals surface area contributed by atoms with Gasteiger partial charge in [0, 0.05) is 0 Å². The molecular weight excluding hydrogens is 283 g/mol. The monoisotopic (exact) mass is 302 g/mol. The van der Waals surface area contributed by atoms with Crippen molar-refractivity contribution in [2.24, 2.45) is 5.92 Å². The van der Waals surface area contributed by atoms with Gasteiger partial charge in [0.1, 0.15) is 0 Å². The highest BCUT2D eigenvalue weighted by Crippen LogP contribution is 2.28. The lowest BCUT2D eigenvalue weighted by Crippen LogP contribution is -2.12. The van der Waals surface area contributed by atoms with E-state index in [9.17, 15) is 14.3 Å². The molecule has 1 atom stereocenters. The zero-order chi connectivity index (χ0) is 16.1. The second-order valence-corrected chi connectivity index (χ2v) is 5.32. The third-order valence-corrected chi connectivity index (χ3v) is 3.60. The minimum absolute atomic E-state index is 0.294. The van der Waals surface area contributed by atoms with E-state index < -0.39 is 17.5 Å². The van der Waals surface area contributed by atoms with E-state index in [0.717, 1.165) is 6.42 Å². The van der Waals surface area contributed by atoms with Crippen molar-refractivity contribution >= 4 is 5.97 Å². The second kappa shape index (κ2) is 7.07. The van der Waals surface area contributed by atoms with Gasteiger partial charge in [-0.2, -0.15) is 0 Å². The van der Waals surface area contributed by atoms with E-state index in [1.54, 1.807) is 30.3 Å². The predicted molar refractivity (Wildman–Crippen MR) is 83.2 cm³/mol. The molecule has 0 aliphatic carbocycles. The number of phenolic OH excluding ortho intramolecular Hbond substituents is 1. The van der Waals surface area contributed by atoms with Crippen molar-refractivity contribution in [3.63, 3.8) is 0 Å². The van der Waals surface area contributed by atoms with Crippen LogP contribution >= 0.6 is 0 Å². The number of phenols is 1. The van der Waals surface area contributed by atoms with Crippen LogP contribution in [0.5, 0.6) is 5.75 Å². The molecule has 0 spiro atoms. The maximum atomic E-state index is 13.5. The minimum atomic E-state index is -0.722. The largest absolute Gasteiger partial charge is 0.505 e. The lowest BCUT2D eigenvalue weighted by atomic mass is 9.99. The van der Waals surface area contributed by atoms with E-state index in [2.05, 4.69) is 0 Å². The molecule has 0 bridgehead atoms. The van der Waals surface area contributed by atoms with Crippen LogP contribution in [0.1, 0.15) is 30.6 Å². The number of hydrogen-bond acceptors (Lipinski definition) is 3. The van der Waals surface area contributed by atoms with Gasteiger partial charge in [0.05, 0.1) is 12.2 Å². The quantitative estimate of drug-likeness (QED) is 0.833. The molecule has 0 amide bonds. The first-order chi connectivity index (χ1) is 10.5. The number of carbonyl (C=O) groups excluding carboxylic acids is 1. The molecule has 0 aliphatic heterocycles. The number of rotatable bonds is 5. The van der Waals surface area contributed by atoms with Gasteiger partial charge in [0.15, 0.2) is 11.6 Å². The first kappa shape index (κ1) is 16.0. The van der Waals surface area contributed by atoms with Crippen molar-refractivity contribution < 1.29 is 19.0 Å². The number of benzene rings is 2. The summed E-state index contributed by atoms with van der Waals surface area (Å²) < 4.78 is 18.8. The van der Waals surface area contributed by atoms with Crippen molar-refractivity contribution in [3.8, 4) is 16.9 Å². The van der Waals surface area contributed by atoms with Crippen molar-refractivity contribution in [3.05, 3.63) is 53.8 Å². The molecule has 0 saturated carbocycles. The fourth-order valence-electron chi connectivity index (χ4n) is 2.00. The molecule has 0 radical (unpaired) electrons. The Morgan fingerprint density at radius 3 is 2.68 bits per heavy atom. The van der Waals surface area contributed by atoms with Crippen LogP contribution in [0.4, 0.5) is 4.39 Å². The van der Waals surface area contributed by atoms with E-state index in [-0.39, 0.29) is 0 Å². The van der Waals surface area contributed by atoms with Gasteiger partial charge in [-0.15, -0.1) is 0 Å². The molecule has 0 heterocycles. The summed E-state index contributed by atoms with van der Waals surface area (Å²) in [6, 6.07) is 10.9. The molecule has 2 aromatic rings. The Morgan fingerprint density at radius 2 is 2.00 bits per heavy atom. The topological polar surface area (TPSA) is 46.5 Å². The molecule has 2 aromatic carbocycles. The van der Waals surface area contributed by atoms with Gasteiger partial charge in [-0.25, -0.2) is 9.18 Å². The molecule has 22 heavy (non-hydrogen) atoms. The Labute approximate surface area is 129 Å². The fraction of sp³-hybridized carbons (Fsp3) is 0.278. The van der Waals surface area contributed by atoms with Crippen molar-refractivity contribution in [1.29, 1.82) is 0 Å². The zero-order valence-corrected chi connectivity index (χ0v) is 12.7. The summed E-state index contributed by atoms with van der Waals surface area (Å²) in [7, 11) is 0. The van der Waals surface area contributed by atoms with E-state index in [1.807, 2.05) is 13.8 Å².